The van der Waals surface area contributed by atoms with Crippen molar-refractivity contribution in [3.05, 3.63) is 89.5 Å². The summed E-state index contributed by atoms with van der Waals surface area (Å²) < 4.78 is 5.56. The summed E-state index contributed by atoms with van der Waals surface area (Å²) in [7, 11) is 0. The molecular weight excluding hydrogens is 434 g/mol. The third-order valence-corrected chi connectivity index (χ3v) is 5.49. The first-order valence-electron chi connectivity index (χ1n) is 10.6. The van der Waals surface area contributed by atoms with Gasteiger partial charge in [-0.2, -0.15) is 5.26 Å². The minimum Gasteiger partial charge on any atom is -0.481 e. The Labute approximate surface area is 196 Å². The molecule has 0 saturated carbocycles. The third-order valence-electron chi connectivity index (χ3n) is 5.49. The molecule has 4 rings (SSSR count). The monoisotopic (exact) mass is 455 g/mol. The lowest BCUT2D eigenvalue weighted by Gasteiger charge is -2.30. The molecule has 1 heterocycles. The van der Waals surface area contributed by atoms with E-state index in [4.69, 9.17) is 10.00 Å². The fraction of sp³-hybridized carbons (Fsp3) is 0.154. The predicted octanol–water partition coefficient (Wildman–Crippen LogP) is 3.37. The van der Waals surface area contributed by atoms with Crippen molar-refractivity contribution in [3.8, 4) is 11.8 Å². The van der Waals surface area contributed by atoms with Crippen LogP contribution in [0.25, 0.3) is 0 Å². The minimum absolute atomic E-state index is 0.0658. The highest BCUT2D eigenvalue weighted by molar-refractivity contribution is 6.05. The molecule has 2 N–H and O–H groups in total. The SMILES string of the molecule is N#Cc1ccc(CN2C(=O)COc3cc(NC(=O)C(Cc4ccccc4)C(=O)O)ccc32)cc1. The molecule has 34 heavy (non-hydrogen) atoms. The van der Waals surface area contributed by atoms with Gasteiger partial charge >= 0.3 is 5.97 Å². The Hall–Kier alpha value is -4.64. The quantitative estimate of drug-likeness (QED) is 0.527. The Balaban J connectivity index is 1.50. The zero-order valence-corrected chi connectivity index (χ0v) is 18.1. The fourth-order valence-electron chi connectivity index (χ4n) is 3.69. The molecule has 0 fully saturated rings. The number of ether oxygens (including phenoxy) is 1. The maximum absolute atomic E-state index is 12.7. The topological polar surface area (TPSA) is 120 Å². The van der Waals surface area contributed by atoms with Crippen LogP contribution < -0.4 is 15.0 Å². The van der Waals surface area contributed by atoms with Crippen molar-refractivity contribution >= 4 is 29.2 Å². The van der Waals surface area contributed by atoms with Crippen molar-refractivity contribution in [2.24, 2.45) is 5.92 Å². The summed E-state index contributed by atoms with van der Waals surface area (Å²) in [6, 6.07) is 22.8. The van der Waals surface area contributed by atoms with E-state index in [0.717, 1.165) is 11.1 Å². The van der Waals surface area contributed by atoms with Gasteiger partial charge in [0.15, 0.2) is 6.61 Å². The number of hydrogen-bond acceptors (Lipinski definition) is 5. The Bertz CT molecular complexity index is 1270. The fourth-order valence-corrected chi connectivity index (χ4v) is 3.69. The first-order valence-corrected chi connectivity index (χ1v) is 10.6. The Morgan fingerprint density at radius 3 is 2.47 bits per heavy atom. The van der Waals surface area contributed by atoms with Crippen LogP contribution in [0.2, 0.25) is 0 Å². The lowest BCUT2D eigenvalue weighted by atomic mass is 9.98. The van der Waals surface area contributed by atoms with E-state index in [0.29, 0.717) is 29.2 Å². The summed E-state index contributed by atoms with van der Waals surface area (Å²) >= 11 is 0. The number of nitrogens with zero attached hydrogens (tertiary/aromatic N) is 2. The molecule has 3 aromatic carbocycles. The van der Waals surface area contributed by atoms with E-state index in [2.05, 4.69) is 11.4 Å². The van der Waals surface area contributed by atoms with Gasteiger partial charge < -0.3 is 20.1 Å². The average molecular weight is 455 g/mol. The second-order valence-corrected chi connectivity index (χ2v) is 7.83. The summed E-state index contributed by atoms with van der Waals surface area (Å²) in [4.78, 5) is 38.5. The second kappa shape index (κ2) is 9.88. The van der Waals surface area contributed by atoms with Gasteiger partial charge in [-0.15, -0.1) is 0 Å². The number of nitrogens with one attached hydrogen (secondary N) is 1. The van der Waals surface area contributed by atoms with Crippen molar-refractivity contribution in [1.82, 2.24) is 0 Å². The number of fused-ring (bicyclic) bond motifs is 1. The van der Waals surface area contributed by atoms with Gasteiger partial charge in [-0.05, 0) is 41.8 Å². The van der Waals surface area contributed by atoms with Crippen LogP contribution in [0.3, 0.4) is 0 Å². The normalized spacial score (nSPS) is 13.3. The molecule has 0 bridgehead atoms. The largest absolute Gasteiger partial charge is 0.481 e. The van der Waals surface area contributed by atoms with Crippen molar-refractivity contribution < 1.29 is 24.2 Å². The highest BCUT2D eigenvalue weighted by atomic mass is 16.5. The first kappa shape index (κ1) is 22.6. The van der Waals surface area contributed by atoms with Gasteiger partial charge in [0.05, 0.1) is 23.9 Å². The number of anilines is 2. The van der Waals surface area contributed by atoms with E-state index in [1.54, 1.807) is 71.6 Å². The highest BCUT2D eigenvalue weighted by Crippen LogP contribution is 2.35. The summed E-state index contributed by atoms with van der Waals surface area (Å²) in [6.07, 6.45) is 0.0658. The highest BCUT2D eigenvalue weighted by Gasteiger charge is 2.29. The van der Waals surface area contributed by atoms with Crippen LogP contribution in [0.15, 0.2) is 72.8 Å². The molecule has 1 unspecified atom stereocenters. The molecule has 1 aliphatic rings. The lowest BCUT2D eigenvalue weighted by Crippen LogP contribution is -2.38. The summed E-state index contributed by atoms with van der Waals surface area (Å²) in [5, 5.41) is 21.2. The second-order valence-electron chi connectivity index (χ2n) is 7.83. The Morgan fingerprint density at radius 1 is 1.06 bits per heavy atom. The van der Waals surface area contributed by atoms with E-state index < -0.39 is 17.8 Å². The minimum atomic E-state index is -1.26. The summed E-state index contributed by atoms with van der Waals surface area (Å²) in [6.45, 7) is 0.136. The average Bonchev–Trinajstić information content (AvgIpc) is 2.85. The van der Waals surface area contributed by atoms with Gasteiger partial charge in [0.2, 0.25) is 5.91 Å². The Morgan fingerprint density at radius 2 is 1.79 bits per heavy atom. The van der Waals surface area contributed by atoms with Gasteiger partial charge in [0, 0.05) is 11.8 Å². The van der Waals surface area contributed by atoms with Gasteiger partial charge in [0.1, 0.15) is 11.7 Å². The number of carbonyl (C=O) groups is 3. The first-order chi connectivity index (χ1) is 16.4. The number of hydrogen-bond donors (Lipinski definition) is 2. The smallest absolute Gasteiger partial charge is 0.316 e. The zero-order valence-electron chi connectivity index (χ0n) is 18.1. The summed E-state index contributed by atoms with van der Waals surface area (Å²) in [5.74, 6) is -2.93. The van der Waals surface area contributed by atoms with Gasteiger partial charge in [-0.1, -0.05) is 42.5 Å². The van der Waals surface area contributed by atoms with Gasteiger partial charge in [0.25, 0.3) is 5.91 Å². The number of carboxylic acid groups (broad SMARTS) is 1. The van der Waals surface area contributed by atoms with Crippen molar-refractivity contribution in [2.45, 2.75) is 13.0 Å². The molecule has 8 nitrogen and oxygen atoms in total. The number of carbonyl (C=O) groups excluding carboxylic acids is 2. The molecule has 0 radical (unpaired) electrons. The van der Waals surface area contributed by atoms with Gasteiger partial charge in [-0.25, -0.2) is 0 Å². The molecule has 1 atom stereocenters. The van der Waals surface area contributed by atoms with Crippen molar-refractivity contribution in [1.29, 1.82) is 5.26 Å². The van der Waals surface area contributed by atoms with Crippen LogP contribution in [0.4, 0.5) is 11.4 Å². The maximum atomic E-state index is 12.7. The van der Waals surface area contributed by atoms with E-state index in [-0.39, 0.29) is 18.9 Å². The number of rotatable bonds is 7. The van der Waals surface area contributed by atoms with Crippen LogP contribution >= 0.6 is 0 Å². The number of carboxylic acids is 1. The van der Waals surface area contributed by atoms with Crippen LogP contribution in [-0.2, 0) is 27.3 Å². The van der Waals surface area contributed by atoms with Crippen LogP contribution in [0, 0.1) is 17.2 Å². The van der Waals surface area contributed by atoms with Crippen molar-refractivity contribution in [2.75, 3.05) is 16.8 Å². The molecule has 0 aliphatic carbocycles. The van der Waals surface area contributed by atoms with E-state index in [9.17, 15) is 19.5 Å². The molecule has 0 saturated heterocycles. The number of nitriles is 1. The Kier molecular flexibility index (Phi) is 6.55. The zero-order chi connectivity index (χ0) is 24.1. The lowest BCUT2D eigenvalue weighted by molar-refractivity contribution is -0.145. The van der Waals surface area contributed by atoms with E-state index in [1.165, 1.54) is 0 Å². The van der Waals surface area contributed by atoms with E-state index >= 15 is 0 Å². The molecule has 8 heteroatoms. The molecule has 0 aromatic heterocycles. The molecule has 3 aromatic rings. The maximum Gasteiger partial charge on any atom is 0.316 e. The van der Waals surface area contributed by atoms with Gasteiger partial charge in [-0.3, -0.25) is 14.4 Å². The molecule has 0 spiro atoms. The molecular formula is C26H21N3O5. The number of benzene rings is 3. The van der Waals surface area contributed by atoms with Crippen molar-refractivity contribution in [3.63, 3.8) is 0 Å². The number of amides is 2. The third kappa shape index (κ3) is 5.05. The van der Waals surface area contributed by atoms with Crippen LogP contribution in [0.5, 0.6) is 5.75 Å². The molecule has 1 aliphatic heterocycles. The van der Waals surface area contributed by atoms with E-state index in [1.807, 2.05) is 6.07 Å². The summed E-state index contributed by atoms with van der Waals surface area (Å²) in [5.41, 5.74) is 3.04. The predicted molar refractivity (Wildman–Crippen MR) is 124 cm³/mol. The number of aliphatic carboxylic acids is 1. The van der Waals surface area contributed by atoms with Crippen LogP contribution in [-0.4, -0.2) is 29.5 Å². The molecule has 170 valence electrons. The van der Waals surface area contributed by atoms with Crippen LogP contribution in [0.1, 0.15) is 16.7 Å². The standard InChI is InChI=1S/C26H21N3O5/c27-14-18-6-8-19(9-7-18)15-29-22-11-10-20(13-23(22)34-16-24(29)30)28-25(31)21(26(32)33)12-17-4-2-1-3-5-17/h1-11,13,21H,12,15-16H2,(H,28,31)(H,32,33). The molecule has 2 amide bonds.